The van der Waals surface area contributed by atoms with Gasteiger partial charge in [-0.15, -0.1) is 0 Å². The number of nitrogens with zero attached hydrogens (tertiary/aromatic N) is 1. The van der Waals surface area contributed by atoms with Gasteiger partial charge in [-0.1, -0.05) is 41.6 Å². The van der Waals surface area contributed by atoms with Crippen molar-refractivity contribution in [3.8, 4) is 0 Å². The molecule has 110 valence electrons. The van der Waals surface area contributed by atoms with Gasteiger partial charge < -0.3 is 5.32 Å². The zero-order valence-electron chi connectivity index (χ0n) is 12.0. The number of benzene rings is 1. The van der Waals surface area contributed by atoms with Crippen molar-refractivity contribution < 1.29 is 4.79 Å². The molecule has 0 spiro atoms. The van der Waals surface area contributed by atoms with Crippen LogP contribution in [0.4, 0.5) is 0 Å². The van der Waals surface area contributed by atoms with Gasteiger partial charge >= 0.3 is 0 Å². The van der Waals surface area contributed by atoms with Crippen molar-refractivity contribution in [2.75, 3.05) is 5.75 Å². The number of hydrogen-bond acceptors (Lipinski definition) is 3. The summed E-state index contributed by atoms with van der Waals surface area (Å²) in [6, 6.07) is 11.4. The van der Waals surface area contributed by atoms with Gasteiger partial charge in [0.1, 0.15) is 0 Å². The Morgan fingerprint density at radius 1 is 1.29 bits per heavy atom. The number of nitrogens with one attached hydrogen (secondary N) is 1. The van der Waals surface area contributed by atoms with Crippen LogP contribution in [0.5, 0.6) is 0 Å². The fraction of sp³-hybridized carbons (Fsp3) is 0.250. The van der Waals surface area contributed by atoms with Crippen molar-refractivity contribution in [1.82, 2.24) is 10.3 Å². The molecule has 0 saturated carbocycles. The molecule has 1 amide bonds. The maximum Gasteiger partial charge on any atom is 0.230 e. The fourth-order valence-electron chi connectivity index (χ4n) is 1.80. The second kappa shape index (κ2) is 7.48. The summed E-state index contributed by atoms with van der Waals surface area (Å²) in [6.45, 7) is 3.94. The molecule has 0 aliphatic rings. The van der Waals surface area contributed by atoms with Crippen molar-refractivity contribution in [1.29, 1.82) is 0 Å². The molecule has 1 heterocycles. The van der Waals surface area contributed by atoms with Crippen LogP contribution in [-0.2, 0) is 4.79 Å². The minimum absolute atomic E-state index is 0.00942. The molecular weight excluding hydrogens is 304 g/mol. The molecule has 21 heavy (non-hydrogen) atoms. The maximum absolute atomic E-state index is 11.9. The number of amides is 1. The Hall–Kier alpha value is -1.52. The Kier molecular flexibility index (Phi) is 5.65. The third-order valence-electron chi connectivity index (χ3n) is 2.98. The van der Waals surface area contributed by atoms with Crippen LogP contribution in [0.2, 0.25) is 5.02 Å². The lowest BCUT2D eigenvalue weighted by Crippen LogP contribution is -2.28. The van der Waals surface area contributed by atoms with Gasteiger partial charge in [-0.3, -0.25) is 4.79 Å². The van der Waals surface area contributed by atoms with Gasteiger partial charge in [0.2, 0.25) is 5.91 Å². The lowest BCUT2D eigenvalue weighted by molar-refractivity contribution is -0.119. The van der Waals surface area contributed by atoms with Gasteiger partial charge in [0.25, 0.3) is 0 Å². The van der Waals surface area contributed by atoms with Gasteiger partial charge in [0.15, 0.2) is 0 Å². The number of aryl methyl sites for hydroxylation is 1. The van der Waals surface area contributed by atoms with E-state index in [0.29, 0.717) is 10.8 Å². The lowest BCUT2D eigenvalue weighted by atomic mass is 10.1. The number of carbonyl (C=O) groups is 1. The lowest BCUT2D eigenvalue weighted by Gasteiger charge is -2.14. The van der Waals surface area contributed by atoms with Crippen LogP contribution in [0.15, 0.2) is 47.6 Å². The van der Waals surface area contributed by atoms with E-state index >= 15 is 0 Å². The molecule has 0 aliphatic heterocycles. The summed E-state index contributed by atoms with van der Waals surface area (Å²) in [4.78, 5) is 16.2. The molecule has 1 aromatic heterocycles. The summed E-state index contributed by atoms with van der Waals surface area (Å²) < 4.78 is 0. The zero-order valence-corrected chi connectivity index (χ0v) is 13.5. The van der Waals surface area contributed by atoms with Crippen LogP contribution >= 0.6 is 23.4 Å². The SMILES string of the molecule is Cc1ccc(SCC(=O)NC(C)c2ccc(Cl)cc2)nc1. The molecule has 5 heteroatoms. The number of pyridine rings is 1. The highest BCUT2D eigenvalue weighted by Gasteiger charge is 2.10. The third-order valence-corrected chi connectivity index (χ3v) is 4.18. The van der Waals surface area contributed by atoms with Crippen LogP contribution in [0.1, 0.15) is 24.1 Å². The van der Waals surface area contributed by atoms with E-state index in [1.54, 1.807) is 6.20 Å². The molecule has 1 N–H and O–H groups in total. The van der Waals surface area contributed by atoms with Crippen molar-refractivity contribution in [2.45, 2.75) is 24.9 Å². The van der Waals surface area contributed by atoms with E-state index in [0.717, 1.165) is 16.2 Å². The molecule has 2 rings (SSSR count). The van der Waals surface area contributed by atoms with Crippen molar-refractivity contribution in [3.63, 3.8) is 0 Å². The smallest absolute Gasteiger partial charge is 0.230 e. The number of rotatable bonds is 5. The Balaban J connectivity index is 1.83. The van der Waals surface area contributed by atoms with Crippen LogP contribution in [0, 0.1) is 6.92 Å². The number of aromatic nitrogens is 1. The van der Waals surface area contributed by atoms with Gasteiger partial charge in [0.05, 0.1) is 16.8 Å². The summed E-state index contributed by atoms with van der Waals surface area (Å²) in [7, 11) is 0. The van der Waals surface area contributed by atoms with E-state index in [1.807, 2.05) is 50.2 Å². The highest BCUT2D eigenvalue weighted by Crippen LogP contribution is 2.18. The molecule has 0 fully saturated rings. The molecule has 1 atom stereocenters. The van der Waals surface area contributed by atoms with Crippen molar-refractivity contribution in [3.05, 3.63) is 58.7 Å². The largest absolute Gasteiger partial charge is 0.349 e. The molecular formula is C16H17ClN2OS. The van der Waals surface area contributed by atoms with Crippen LogP contribution in [0.3, 0.4) is 0 Å². The molecule has 0 saturated heterocycles. The van der Waals surface area contributed by atoms with Gasteiger partial charge in [-0.2, -0.15) is 0 Å². The standard InChI is InChI=1S/C16H17ClN2OS/c1-11-3-8-16(18-9-11)21-10-15(20)19-12(2)13-4-6-14(17)7-5-13/h3-9,12H,10H2,1-2H3,(H,19,20). The average molecular weight is 321 g/mol. The second-order valence-electron chi connectivity index (χ2n) is 4.80. The monoisotopic (exact) mass is 320 g/mol. The van der Waals surface area contributed by atoms with Crippen LogP contribution < -0.4 is 5.32 Å². The molecule has 2 aromatic rings. The Labute approximate surface area is 134 Å². The highest BCUT2D eigenvalue weighted by molar-refractivity contribution is 7.99. The predicted octanol–water partition coefficient (Wildman–Crippen LogP) is 4.01. The quantitative estimate of drug-likeness (QED) is 0.846. The summed E-state index contributed by atoms with van der Waals surface area (Å²) in [6.07, 6.45) is 1.80. The number of carbonyl (C=O) groups excluding carboxylic acids is 1. The van der Waals surface area contributed by atoms with E-state index in [-0.39, 0.29) is 11.9 Å². The van der Waals surface area contributed by atoms with Gasteiger partial charge in [0, 0.05) is 11.2 Å². The maximum atomic E-state index is 11.9. The number of halogens is 1. The first-order chi connectivity index (χ1) is 10.0. The minimum atomic E-state index is -0.0404. The normalized spacial score (nSPS) is 12.0. The summed E-state index contributed by atoms with van der Waals surface area (Å²) in [5, 5.41) is 4.52. The minimum Gasteiger partial charge on any atom is -0.349 e. The third kappa shape index (κ3) is 5.06. The molecule has 0 aliphatic carbocycles. The molecule has 3 nitrogen and oxygen atoms in total. The van der Waals surface area contributed by atoms with E-state index in [1.165, 1.54) is 11.8 Å². The van der Waals surface area contributed by atoms with Crippen LogP contribution in [0.25, 0.3) is 0 Å². The van der Waals surface area contributed by atoms with E-state index < -0.39 is 0 Å². The number of hydrogen-bond donors (Lipinski definition) is 1. The average Bonchev–Trinajstić information content (AvgIpc) is 2.47. The second-order valence-corrected chi connectivity index (χ2v) is 6.24. The van der Waals surface area contributed by atoms with E-state index in [4.69, 9.17) is 11.6 Å². The summed E-state index contributed by atoms with van der Waals surface area (Å²) in [5.41, 5.74) is 2.14. The summed E-state index contributed by atoms with van der Waals surface area (Å²) in [5.74, 6) is 0.346. The summed E-state index contributed by atoms with van der Waals surface area (Å²) >= 11 is 7.29. The Bertz CT molecular complexity index is 599. The van der Waals surface area contributed by atoms with Crippen LogP contribution in [-0.4, -0.2) is 16.6 Å². The topological polar surface area (TPSA) is 42.0 Å². The Morgan fingerprint density at radius 2 is 2.00 bits per heavy atom. The number of thioether (sulfide) groups is 1. The first-order valence-corrected chi connectivity index (χ1v) is 8.01. The first kappa shape index (κ1) is 15.9. The zero-order chi connectivity index (χ0) is 15.2. The molecule has 0 radical (unpaired) electrons. The van der Waals surface area contributed by atoms with E-state index in [2.05, 4.69) is 10.3 Å². The van der Waals surface area contributed by atoms with Crippen molar-refractivity contribution >= 4 is 29.3 Å². The molecule has 1 unspecified atom stereocenters. The van der Waals surface area contributed by atoms with Crippen molar-refractivity contribution in [2.24, 2.45) is 0 Å². The molecule has 1 aromatic carbocycles. The Morgan fingerprint density at radius 3 is 2.62 bits per heavy atom. The highest BCUT2D eigenvalue weighted by atomic mass is 35.5. The molecule has 0 bridgehead atoms. The fourth-order valence-corrected chi connectivity index (χ4v) is 2.58. The van der Waals surface area contributed by atoms with Gasteiger partial charge in [-0.25, -0.2) is 4.98 Å². The predicted molar refractivity (Wildman–Crippen MR) is 87.7 cm³/mol. The van der Waals surface area contributed by atoms with E-state index in [9.17, 15) is 4.79 Å². The van der Waals surface area contributed by atoms with Gasteiger partial charge in [-0.05, 0) is 43.2 Å². The first-order valence-electron chi connectivity index (χ1n) is 6.65.